The van der Waals surface area contributed by atoms with Gasteiger partial charge >= 0.3 is 0 Å². The molecule has 0 radical (unpaired) electrons. The van der Waals surface area contributed by atoms with Crippen molar-refractivity contribution in [2.24, 2.45) is 0 Å². The molecule has 45 heavy (non-hydrogen) atoms. The quantitative estimate of drug-likeness (QED) is 0.135. The fourth-order valence-electron chi connectivity index (χ4n) is 4.96. The van der Waals surface area contributed by atoms with Crippen molar-refractivity contribution >= 4 is 23.7 Å². The molecule has 0 aliphatic carbocycles. The van der Waals surface area contributed by atoms with Crippen LogP contribution >= 0.6 is 0 Å². The Morgan fingerprint density at radius 2 is 1.22 bits per heavy atom. The third kappa shape index (κ3) is 7.01. The number of carbonyl (C=O) groups is 1. The molecule has 1 aliphatic rings. The van der Waals surface area contributed by atoms with Gasteiger partial charge in [0.05, 0.1) is 41.1 Å². The Morgan fingerprint density at radius 3 is 1.91 bits per heavy atom. The largest absolute Gasteiger partial charge is 0.493 e. The first-order chi connectivity index (χ1) is 22.0. The Bertz CT molecular complexity index is 1660. The lowest BCUT2D eigenvalue weighted by Crippen LogP contribution is -2.38. The number of rotatable bonds is 13. The van der Waals surface area contributed by atoms with Crippen LogP contribution in [0.3, 0.4) is 0 Å². The minimum Gasteiger partial charge on any atom is -0.493 e. The highest BCUT2D eigenvalue weighted by molar-refractivity contribution is 6.01. The molecule has 10 heteroatoms. The van der Waals surface area contributed by atoms with Gasteiger partial charge in [-0.05, 0) is 65.2 Å². The maximum Gasteiger partial charge on any atom is 0.255 e. The van der Waals surface area contributed by atoms with Crippen LogP contribution in [0.1, 0.15) is 33.2 Å². The van der Waals surface area contributed by atoms with E-state index in [4.69, 9.17) is 33.2 Å². The zero-order chi connectivity index (χ0) is 31.8. The normalized spacial score (nSPS) is 13.7. The fraction of sp³-hybridized carbons (Fsp3) is 0.229. The van der Waals surface area contributed by atoms with Gasteiger partial charge in [0.2, 0.25) is 5.75 Å². The van der Waals surface area contributed by atoms with Crippen LogP contribution in [0.4, 0.5) is 5.69 Å². The van der Waals surface area contributed by atoms with E-state index in [9.17, 15) is 4.79 Å². The lowest BCUT2D eigenvalue weighted by atomic mass is 10.1. The lowest BCUT2D eigenvalue weighted by Gasteiger charge is -2.28. The highest BCUT2D eigenvalue weighted by Gasteiger charge is 2.25. The van der Waals surface area contributed by atoms with E-state index in [0.717, 1.165) is 22.4 Å². The first kappa shape index (κ1) is 30.9. The van der Waals surface area contributed by atoms with Gasteiger partial charge in [-0.25, -0.2) is 0 Å². The summed E-state index contributed by atoms with van der Waals surface area (Å²) >= 11 is 0. The summed E-state index contributed by atoms with van der Waals surface area (Å²) in [6, 6.07) is 22.4. The summed E-state index contributed by atoms with van der Waals surface area (Å²) in [5.41, 5.74) is 4.00. The highest BCUT2D eigenvalue weighted by Crippen LogP contribution is 2.39. The molecule has 0 spiro atoms. The van der Waals surface area contributed by atoms with Gasteiger partial charge in [-0.1, -0.05) is 36.4 Å². The minimum atomic E-state index is -0.402. The second kappa shape index (κ2) is 14.3. The van der Waals surface area contributed by atoms with E-state index in [2.05, 4.69) is 10.6 Å². The predicted molar refractivity (Wildman–Crippen MR) is 172 cm³/mol. The molecular weight excluding hydrogens is 576 g/mol. The smallest absolute Gasteiger partial charge is 0.255 e. The third-order valence-electron chi connectivity index (χ3n) is 7.21. The second-order valence-electron chi connectivity index (χ2n) is 9.91. The number of amides is 1. The molecule has 5 rings (SSSR count). The van der Waals surface area contributed by atoms with E-state index in [-0.39, 0.29) is 19.1 Å². The van der Waals surface area contributed by atoms with Crippen molar-refractivity contribution in [2.75, 3.05) is 54.1 Å². The molecular formula is C35H36N2O8. The summed E-state index contributed by atoms with van der Waals surface area (Å²) in [4.78, 5) is 12.6. The average molecular weight is 613 g/mol. The Hall–Kier alpha value is -5.51. The predicted octanol–water partition coefficient (Wildman–Crippen LogP) is 6.21. The van der Waals surface area contributed by atoms with Gasteiger partial charge in [0.15, 0.2) is 34.5 Å². The topological polar surface area (TPSA) is 106 Å². The molecule has 1 atom stereocenters. The fourth-order valence-corrected chi connectivity index (χ4v) is 4.96. The molecule has 1 unspecified atom stereocenters. The van der Waals surface area contributed by atoms with Crippen LogP contribution < -0.4 is 43.8 Å². The van der Waals surface area contributed by atoms with Gasteiger partial charge in [0.25, 0.3) is 5.91 Å². The average Bonchev–Trinajstić information content (AvgIpc) is 3.08. The Labute approximate surface area is 262 Å². The van der Waals surface area contributed by atoms with Crippen LogP contribution in [0.5, 0.6) is 40.2 Å². The number of hydrogen-bond donors (Lipinski definition) is 2. The van der Waals surface area contributed by atoms with E-state index in [1.54, 1.807) is 41.6 Å². The standard InChI is InChI=1S/C35H36N2O8/c1-39-27-14-12-22(10-11-23-19-31(41-3)33(43-5)32(20-23)42-4)18-30(27)45-17-16-44-28-15-13-24(21-29(28)40-2)34-36-26-9-7-6-8-25(26)35(38)37-34/h6-15,18-21,34,36H,16-17H2,1-5H3,(H,37,38)/b11-10-. The van der Waals surface area contributed by atoms with Crippen LogP contribution in [0.2, 0.25) is 0 Å². The number of para-hydroxylation sites is 1. The molecule has 1 heterocycles. The van der Waals surface area contributed by atoms with Crippen molar-refractivity contribution in [3.8, 4) is 40.2 Å². The summed E-state index contributed by atoms with van der Waals surface area (Å²) in [6.45, 7) is 0.522. The van der Waals surface area contributed by atoms with Gasteiger partial charge in [0, 0.05) is 5.69 Å². The van der Waals surface area contributed by atoms with Crippen LogP contribution in [-0.2, 0) is 0 Å². The molecule has 0 fully saturated rings. The van der Waals surface area contributed by atoms with E-state index >= 15 is 0 Å². The molecule has 0 saturated heterocycles. The van der Waals surface area contributed by atoms with Crippen molar-refractivity contribution < 1.29 is 38.0 Å². The molecule has 234 valence electrons. The van der Waals surface area contributed by atoms with Crippen LogP contribution in [-0.4, -0.2) is 54.7 Å². The van der Waals surface area contributed by atoms with Crippen LogP contribution in [0, 0.1) is 0 Å². The van der Waals surface area contributed by atoms with Crippen molar-refractivity contribution in [1.29, 1.82) is 0 Å². The van der Waals surface area contributed by atoms with E-state index in [1.165, 1.54) is 0 Å². The Kier molecular flexibility index (Phi) is 9.83. The van der Waals surface area contributed by atoms with Crippen molar-refractivity contribution in [3.05, 3.63) is 95.1 Å². The number of ether oxygens (including phenoxy) is 7. The number of methoxy groups -OCH3 is 5. The molecule has 4 aromatic rings. The van der Waals surface area contributed by atoms with Gasteiger partial charge in [0.1, 0.15) is 19.4 Å². The monoisotopic (exact) mass is 612 g/mol. The molecule has 4 aromatic carbocycles. The first-order valence-corrected chi connectivity index (χ1v) is 14.2. The minimum absolute atomic E-state index is 0.137. The number of fused-ring (bicyclic) bond motifs is 1. The lowest BCUT2D eigenvalue weighted by molar-refractivity contribution is 0.0935. The summed E-state index contributed by atoms with van der Waals surface area (Å²) in [5.74, 6) is 3.82. The zero-order valence-electron chi connectivity index (χ0n) is 25.8. The van der Waals surface area contributed by atoms with E-state index in [0.29, 0.717) is 45.8 Å². The first-order valence-electron chi connectivity index (χ1n) is 14.2. The number of anilines is 1. The molecule has 10 nitrogen and oxygen atoms in total. The third-order valence-corrected chi connectivity index (χ3v) is 7.21. The van der Waals surface area contributed by atoms with E-state index < -0.39 is 6.17 Å². The summed E-state index contributed by atoms with van der Waals surface area (Å²) in [7, 11) is 7.91. The number of nitrogens with one attached hydrogen (secondary N) is 2. The zero-order valence-corrected chi connectivity index (χ0v) is 25.8. The van der Waals surface area contributed by atoms with Crippen molar-refractivity contribution in [1.82, 2.24) is 5.32 Å². The molecule has 1 aliphatic heterocycles. The SMILES string of the molecule is COc1cc(C2NC(=O)c3ccccc3N2)ccc1OCCOc1cc(/C=C\c2cc(OC)c(OC)c(OC)c2)ccc1OC. The summed E-state index contributed by atoms with van der Waals surface area (Å²) < 4.78 is 39.5. The van der Waals surface area contributed by atoms with Crippen molar-refractivity contribution in [3.63, 3.8) is 0 Å². The van der Waals surface area contributed by atoms with Crippen LogP contribution in [0.15, 0.2) is 72.8 Å². The van der Waals surface area contributed by atoms with Crippen LogP contribution in [0.25, 0.3) is 12.2 Å². The Balaban J connectivity index is 1.22. The number of benzene rings is 4. The van der Waals surface area contributed by atoms with E-state index in [1.807, 2.05) is 78.9 Å². The Morgan fingerprint density at radius 1 is 0.600 bits per heavy atom. The maximum absolute atomic E-state index is 12.6. The van der Waals surface area contributed by atoms with Gasteiger partial charge < -0.3 is 43.8 Å². The second-order valence-corrected chi connectivity index (χ2v) is 9.91. The van der Waals surface area contributed by atoms with Crippen molar-refractivity contribution in [2.45, 2.75) is 6.17 Å². The van der Waals surface area contributed by atoms with Gasteiger partial charge in [-0.15, -0.1) is 0 Å². The summed E-state index contributed by atoms with van der Waals surface area (Å²) in [6.07, 6.45) is 3.50. The number of carbonyl (C=O) groups excluding carboxylic acids is 1. The molecule has 1 amide bonds. The highest BCUT2D eigenvalue weighted by atomic mass is 16.6. The molecule has 0 saturated carbocycles. The molecule has 0 bridgehead atoms. The molecule has 0 aromatic heterocycles. The summed E-state index contributed by atoms with van der Waals surface area (Å²) in [5, 5.41) is 6.33. The van der Waals surface area contributed by atoms with Gasteiger partial charge in [-0.3, -0.25) is 4.79 Å². The molecule has 2 N–H and O–H groups in total. The number of hydrogen-bond acceptors (Lipinski definition) is 9. The maximum atomic E-state index is 12.6. The van der Waals surface area contributed by atoms with Gasteiger partial charge in [-0.2, -0.15) is 0 Å².